The van der Waals surface area contributed by atoms with Gasteiger partial charge in [0.25, 0.3) is 0 Å². The smallest absolute Gasteiger partial charge is 0.344 e. The van der Waals surface area contributed by atoms with Crippen LogP contribution in [0.2, 0.25) is 0 Å². The van der Waals surface area contributed by atoms with E-state index in [2.05, 4.69) is 0 Å². The normalized spacial score (nSPS) is 9.89. The topological polar surface area (TPSA) is 61.5 Å². The molecule has 0 amide bonds. The Bertz CT molecular complexity index is 540. The van der Waals surface area contributed by atoms with Crippen molar-refractivity contribution in [3.05, 3.63) is 60.2 Å². The van der Waals surface area contributed by atoms with Gasteiger partial charge in [-0.15, -0.1) is 0 Å². The molecule has 4 heteroatoms. The summed E-state index contributed by atoms with van der Waals surface area (Å²) in [6.45, 7) is 0.0916. The minimum atomic E-state index is -0.424. The summed E-state index contributed by atoms with van der Waals surface area (Å²) in [5.74, 6) is 0.0614. The maximum atomic E-state index is 11.5. The summed E-state index contributed by atoms with van der Waals surface area (Å²) in [7, 11) is 0. The molecule has 2 N–H and O–H groups in total. The quantitative estimate of drug-likeness (QED) is 0.660. The first-order valence-corrected chi connectivity index (χ1v) is 5.92. The molecule has 0 spiro atoms. The molecule has 0 atom stereocenters. The lowest BCUT2D eigenvalue weighted by Gasteiger charge is -2.08. The van der Waals surface area contributed by atoms with Crippen molar-refractivity contribution >= 4 is 11.7 Å². The van der Waals surface area contributed by atoms with Gasteiger partial charge in [0.2, 0.25) is 0 Å². The van der Waals surface area contributed by atoms with E-state index in [1.165, 1.54) is 0 Å². The Balaban J connectivity index is 1.78. The first-order valence-electron chi connectivity index (χ1n) is 5.92. The van der Waals surface area contributed by atoms with Crippen molar-refractivity contribution in [1.82, 2.24) is 0 Å². The molecule has 0 unspecified atom stereocenters. The fourth-order valence-corrected chi connectivity index (χ4v) is 1.53. The number of anilines is 1. The molecule has 0 bridgehead atoms. The monoisotopic (exact) mass is 257 g/mol. The molecule has 0 fully saturated rings. The van der Waals surface area contributed by atoms with Crippen molar-refractivity contribution in [1.29, 1.82) is 0 Å². The summed E-state index contributed by atoms with van der Waals surface area (Å²) in [6.07, 6.45) is 0. The molecular formula is C15H15NO3. The van der Waals surface area contributed by atoms with Crippen LogP contribution in [0, 0.1) is 0 Å². The van der Waals surface area contributed by atoms with Gasteiger partial charge in [0.05, 0.1) is 5.69 Å². The number of benzene rings is 2. The standard InChI is InChI=1S/C15H15NO3/c16-13-8-4-5-9-14(13)18-11-15(17)19-10-12-6-2-1-3-7-12/h1-9H,10-11,16H2. The van der Waals surface area contributed by atoms with Gasteiger partial charge in [-0.1, -0.05) is 42.5 Å². The van der Waals surface area contributed by atoms with Crippen LogP contribution < -0.4 is 10.5 Å². The predicted molar refractivity (Wildman–Crippen MR) is 72.6 cm³/mol. The molecule has 0 aliphatic rings. The zero-order valence-corrected chi connectivity index (χ0v) is 10.4. The van der Waals surface area contributed by atoms with Crippen LogP contribution >= 0.6 is 0 Å². The number of para-hydroxylation sites is 2. The molecule has 0 heterocycles. The summed E-state index contributed by atoms with van der Waals surface area (Å²) in [4.78, 5) is 11.5. The Kier molecular flexibility index (Phi) is 4.39. The van der Waals surface area contributed by atoms with Crippen LogP contribution in [0.15, 0.2) is 54.6 Å². The molecule has 2 aromatic rings. The van der Waals surface area contributed by atoms with Gasteiger partial charge < -0.3 is 15.2 Å². The lowest BCUT2D eigenvalue weighted by Crippen LogP contribution is -2.15. The summed E-state index contributed by atoms with van der Waals surface area (Å²) in [5.41, 5.74) is 7.13. The summed E-state index contributed by atoms with van der Waals surface area (Å²) >= 11 is 0. The van der Waals surface area contributed by atoms with Crippen molar-refractivity contribution in [3.8, 4) is 5.75 Å². The number of ether oxygens (including phenoxy) is 2. The highest BCUT2D eigenvalue weighted by molar-refractivity contribution is 5.71. The fraction of sp³-hybridized carbons (Fsp3) is 0.133. The number of esters is 1. The Labute approximate surface area is 111 Å². The van der Waals surface area contributed by atoms with Gasteiger partial charge in [-0.25, -0.2) is 4.79 Å². The van der Waals surface area contributed by atoms with Crippen LogP contribution in [0.5, 0.6) is 5.75 Å². The highest BCUT2D eigenvalue weighted by atomic mass is 16.6. The van der Waals surface area contributed by atoms with Crippen LogP contribution in [-0.2, 0) is 16.1 Å². The third kappa shape index (κ3) is 4.03. The molecule has 2 aromatic carbocycles. The molecule has 0 aliphatic heterocycles. The second-order valence-electron chi connectivity index (χ2n) is 3.97. The fourth-order valence-electron chi connectivity index (χ4n) is 1.53. The molecular weight excluding hydrogens is 242 g/mol. The average Bonchev–Trinajstić information content (AvgIpc) is 2.45. The van der Waals surface area contributed by atoms with E-state index in [0.29, 0.717) is 11.4 Å². The molecule has 0 saturated carbocycles. The highest BCUT2D eigenvalue weighted by Crippen LogP contribution is 2.19. The molecule has 0 aromatic heterocycles. The van der Waals surface area contributed by atoms with E-state index in [4.69, 9.17) is 15.2 Å². The number of rotatable bonds is 5. The van der Waals surface area contributed by atoms with Crippen LogP contribution in [0.25, 0.3) is 0 Å². The maximum absolute atomic E-state index is 11.5. The van der Waals surface area contributed by atoms with Crippen LogP contribution in [-0.4, -0.2) is 12.6 Å². The van der Waals surface area contributed by atoms with Gasteiger partial charge >= 0.3 is 5.97 Å². The minimum Gasteiger partial charge on any atom is -0.480 e. The molecule has 4 nitrogen and oxygen atoms in total. The SMILES string of the molecule is Nc1ccccc1OCC(=O)OCc1ccccc1. The molecule has 98 valence electrons. The molecule has 0 radical (unpaired) electrons. The van der Waals surface area contributed by atoms with E-state index < -0.39 is 5.97 Å². The van der Waals surface area contributed by atoms with Gasteiger partial charge in [-0.05, 0) is 17.7 Å². The van der Waals surface area contributed by atoms with Crippen molar-refractivity contribution in [2.75, 3.05) is 12.3 Å². The zero-order chi connectivity index (χ0) is 13.5. The Morgan fingerprint density at radius 2 is 1.68 bits per heavy atom. The largest absolute Gasteiger partial charge is 0.480 e. The number of carbonyl (C=O) groups excluding carboxylic acids is 1. The highest BCUT2D eigenvalue weighted by Gasteiger charge is 2.06. The van der Waals surface area contributed by atoms with Gasteiger partial charge in [-0.2, -0.15) is 0 Å². The van der Waals surface area contributed by atoms with Gasteiger partial charge in [-0.3, -0.25) is 0 Å². The number of hydrogen-bond acceptors (Lipinski definition) is 4. The number of nitrogen functional groups attached to an aromatic ring is 1. The molecule has 19 heavy (non-hydrogen) atoms. The zero-order valence-electron chi connectivity index (χ0n) is 10.4. The van der Waals surface area contributed by atoms with E-state index in [1.54, 1.807) is 24.3 Å². The van der Waals surface area contributed by atoms with E-state index in [9.17, 15) is 4.79 Å². The Hall–Kier alpha value is -2.49. The van der Waals surface area contributed by atoms with Crippen molar-refractivity contribution in [2.24, 2.45) is 0 Å². The number of hydrogen-bond donors (Lipinski definition) is 1. The summed E-state index contributed by atoms with van der Waals surface area (Å²) in [6, 6.07) is 16.5. The van der Waals surface area contributed by atoms with Gasteiger partial charge in [0.15, 0.2) is 6.61 Å². The Morgan fingerprint density at radius 1 is 1.00 bits per heavy atom. The predicted octanol–water partition coefficient (Wildman–Crippen LogP) is 2.39. The first-order chi connectivity index (χ1) is 9.25. The summed E-state index contributed by atoms with van der Waals surface area (Å²) < 4.78 is 10.4. The number of nitrogens with two attached hydrogens (primary N) is 1. The van der Waals surface area contributed by atoms with Crippen molar-refractivity contribution < 1.29 is 14.3 Å². The van der Waals surface area contributed by atoms with Crippen LogP contribution in [0.4, 0.5) is 5.69 Å². The van der Waals surface area contributed by atoms with E-state index in [-0.39, 0.29) is 13.2 Å². The second-order valence-corrected chi connectivity index (χ2v) is 3.97. The third-order valence-corrected chi connectivity index (χ3v) is 2.51. The lowest BCUT2D eigenvalue weighted by atomic mass is 10.2. The van der Waals surface area contributed by atoms with Crippen LogP contribution in [0.3, 0.4) is 0 Å². The lowest BCUT2D eigenvalue weighted by molar-refractivity contribution is -0.147. The first kappa shape index (κ1) is 13.0. The maximum Gasteiger partial charge on any atom is 0.344 e. The number of carbonyl (C=O) groups is 1. The van der Waals surface area contributed by atoms with E-state index >= 15 is 0 Å². The summed E-state index contributed by atoms with van der Waals surface area (Å²) in [5, 5.41) is 0. The van der Waals surface area contributed by atoms with Gasteiger partial charge in [0.1, 0.15) is 12.4 Å². The minimum absolute atomic E-state index is 0.152. The molecule has 0 aliphatic carbocycles. The second kappa shape index (κ2) is 6.44. The molecule has 0 saturated heterocycles. The van der Waals surface area contributed by atoms with E-state index in [0.717, 1.165) is 5.56 Å². The molecule has 2 rings (SSSR count). The third-order valence-electron chi connectivity index (χ3n) is 2.51. The Morgan fingerprint density at radius 3 is 2.42 bits per heavy atom. The van der Waals surface area contributed by atoms with Crippen molar-refractivity contribution in [3.63, 3.8) is 0 Å². The van der Waals surface area contributed by atoms with Crippen molar-refractivity contribution in [2.45, 2.75) is 6.61 Å². The van der Waals surface area contributed by atoms with E-state index in [1.807, 2.05) is 30.3 Å². The van der Waals surface area contributed by atoms with Gasteiger partial charge in [0, 0.05) is 0 Å². The van der Waals surface area contributed by atoms with Crippen LogP contribution in [0.1, 0.15) is 5.56 Å². The average molecular weight is 257 g/mol.